The van der Waals surface area contributed by atoms with E-state index < -0.39 is 0 Å². The molecule has 0 spiro atoms. The maximum absolute atomic E-state index is 12.6. The van der Waals surface area contributed by atoms with Crippen molar-refractivity contribution in [2.24, 2.45) is 0 Å². The second-order valence-corrected chi connectivity index (χ2v) is 6.63. The molecule has 0 saturated heterocycles. The largest absolute Gasteiger partial charge is 0.425 e. The summed E-state index contributed by atoms with van der Waals surface area (Å²) in [6.45, 7) is 0. The third kappa shape index (κ3) is 2.41. The molecule has 24 heavy (non-hydrogen) atoms. The van der Waals surface area contributed by atoms with Crippen LogP contribution in [0.25, 0.3) is 10.9 Å². The van der Waals surface area contributed by atoms with E-state index in [1.807, 2.05) is 54.8 Å². The third-order valence-electron chi connectivity index (χ3n) is 4.36. The summed E-state index contributed by atoms with van der Waals surface area (Å²) in [4.78, 5) is 28.8. The van der Waals surface area contributed by atoms with Gasteiger partial charge in [-0.15, -0.1) is 11.8 Å². The quantitative estimate of drug-likeness (QED) is 0.572. The zero-order valence-corrected chi connectivity index (χ0v) is 13.9. The molecule has 1 aliphatic heterocycles. The van der Waals surface area contributed by atoms with Crippen LogP contribution >= 0.6 is 11.8 Å². The standard InChI is InChI=1S/C19H15NO3S/c1-24-12-8-6-11(7-9-12)14-10-16(21)23-18-13-4-2-3-5-15(13)20-19(22)17(14)18/h2-9,14H,10H2,1H3,(H,20,22). The first-order valence-corrected chi connectivity index (χ1v) is 8.89. The maximum Gasteiger partial charge on any atom is 0.312 e. The van der Waals surface area contributed by atoms with Crippen LogP contribution in [0.1, 0.15) is 23.5 Å². The number of aromatic amines is 1. The van der Waals surface area contributed by atoms with Crippen molar-refractivity contribution in [1.29, 1.82) is 0 Å². The Morgan fingerprint density at radius 2 is 1.83 bits per heavy atom. The van der Waals surface area contributed by atoms with Gasteiger partial charge in [0.2, 0.25) is 0 Å². The molecule has 5 heteroatoms. The Morgan fingerprint density at radius 3 is 2.58 bits per heavy atom. The number of H-pyrrole nitrogens is 1. The molecule has 4 nitrogen and oxygen atoms in total. The number of benzene rings is 2. The van der Waals surface area contributed by atoms with Crippen molar-refractivity contribution < 1.29 is 9.53 Å². The van der Waals surface area contributed by atoms with Crippen LogP contribution in [0.3, 0.4) is 0 Å². The molecule has 2 heterocycles. The van der Waals surface area contributed by atoms with Crippen molar-refractivity contribution >= 4 is 28.6 Å². The highest BCUT2D eigenvalue weighted by atomic mass is 32.2. The van der Waals surface area contributed by atoms with E-state index in [2.05, 4.69) is 4.98 Å². The van der Waals surface area contributed by atoms with Gasteiger partial charge in [-0.05, 0) is 36.1 Å². The van der Waals surface area contributed by atoms with Crippen LogP contribution < -0.4 is 10.3 Å². The summed E-state index contributed by atoms with van der Waals surface area (Å²) >= 11 is 1.66. The summed E-state index contributed by atoms with van der Waals surface area (Å²) in [6, 6.07) is 15.3. The number of carbonyl (C=O) groups is 1. The molecule has 1 aromatic heterocycles. The molecule has 0 amide bonds. The fraction of sp³-hybridized carbons (Fsp3) is 0.158. The number of pyridine rings is 1. The second kappa shape index (κ2) is 5.83. The van der Waals surface area contributed by atoms with E-state index in [-0.39, 0.29) is 23.9 Å². The highest BCUT2D eigenvalue weighted by molar-refractivity contribution is 7.98. The van der Waals surface area contributed by atoms with Gasteiger partial charge in [0.15, 0.2) is 0 Å². The predicted octanol–water partition coefficient (Wildman–Crippen LogP) is 3.69. The van der Waals surface area contributed by atoms with E-state index in [1.54, 1.807) is 11.8 Å². The summed E-state index contributed by atoms with van der Waals surface area (Å²) in [5.74, 6) is -0.202. The Bertz CT molecular complexity index is 992. The van der Waals surface area contributed by atoms with Gasteiger partial charge in [0, 0.05) is 16.2 Å². The molecule has 1 aliphatic rings. The van der Waals surface area contributed by atoms with Crippen LogP contribution in [0, 0.1) is 0 Å². The zero-order valence-electron chi connectivity index (χ0n) is 13.0. The fourth-order valence-corrected chi connectivity index (χ4v) is 3.61. The van der Waals surface area contributed by atoms with Gasteiger partial charge in [-0.3, -0.25) is 9.59 Å². The molecular formula is C19H15NO3S. The highest BCUT2D eigenvalue weighted by Crippen LogP contribution is 2.40. The molecule has 1 unspecified atom stereocenters. The Kier molecular flexibility index (Phi) is 3.65. The lowest BCUT2D eigenvalue weighted by molar-refractivity contribution is -0.135. The highest BCUT2D eigenvalue weighted by Gasteiger charge is 2.32. The molecule has 0 aliphatic carbocycles. The number of thioether (sulfide) groups is 1. The minimum Gasteiger partial charge on any atom is -0.425 e. The van der Waals surface area contributed by atoms with E-state index in [0.29, 0.717) is 16.8 Å². The summed E-state index contributed by atoms with van der Waals surface area (Å²) in [5, 5.41) is 0.755. The Labute approximate surface area is 142 Å². The topological polar surface area (TPSA) is 59.2 Å². The number of esters is 1. The number of hydrogen-bond acceptors (Lipinski definition) is 4. The van der Waals surface area contributed by atoms with Gasteiger partial charge in [-0.2, -0.15) is 0 Å². The van der Waals surface area contributed by atoms with Crippen molar-refractivity contribution in [2.75, 3.05) is 6.26 Å². The summed E-state index contributed by atoms with van der Waals surface area (Å²) in [7, 11) is 0. The van der Waals surface area contributed by atoms with Crippen molar-refractivity contribution in [3.63, 3.8) is 0 Å². The second-order valence-electron chi connectivity index (χ2n) is 5.75. The first kappa shape index (κ1) is 15.0. The van der Waals surface area contributed by atoms with Crippen molar-refractivity contribution in [1.82, 2.24) is 4.98 Å². The van der Waals surface area contributed by atoms with E-state index in [4.69, 9.17) is 4.74 Å². The van der Waals surface area contributed by atoms with Crippen LogP contribution in [0.4, 0.5) is 0 Å². The van der Waals surface area contributed by atoms with Crippen LogP contribution in [0.15, 0.2) is 58.2 Å². The SMILES string of the molecule is CSc1ccc(C2CC(=O)Oc3c2c(=O)[nH]c2ccccc32)cc1. The normalized spacial score (nSPS) is 16.7. The van der Waals surface area contributed by atoms with Gasteiger partial charge >= 0.3 is 5.97 Å². The number of aromatic nitrogens is 1. The molecule has 0 fully saturated rings. The van der Waals surface area contributed by atoms with Gasteiger partial charge in [0.05, 0.1) is 17.5 Å². The van der Waals surface area contributed by atoms with E-state index in [1.165, 1.54) is 0 Å². The van der Waals surface area contributed by atoms with Gasteiger partial charge in [0.25, 0.3) is 5.56 Å². The molecular weight excluding hydrogens is 322 g/mol. The van der Waals surface area contributed by atoms with E-state index >= 15 is 0 Å². The zero-order chi connectivity index (χ0) is 16.7. The van der Waals surface area contributed by atoms with Crippen molar-refractivity contribution in [3.05, 3.63) is 70.0 Å². The Hall–Kier alpha value is -2.53. The van der Waals surface area contributed by atoms with E-state index in [9.17, 15) is 9.59 Å². The number of rotatable bonds is 2. The van der Waals surface area contributed by atoms with Crippen LogP contribution in [0.5, 0.6) is 5.75 Å². The third-order valence-corrected chi connectivity index (χ3v) is 5.11. The smallest absolute Gasteiger partial charge is 0.312 e. The summed E-state index contributed by atoms with van der Waals surface area (Å²) in [6.07, 6.45) is 2.19. The first-order valence-electron chi connectivity index (χ1n) is 7.67. The number of carbonyl (C=O) groups excluding carboxylic acids is 1. The number of fused-ring (bicyclic) bond motifs is 3. The molecule has 0 saturated carbocycles. The van der Waals surface area contributed by atoms with Crippen molar-refractivity contribution in [2.45, 2.75) is 17.2 Å². The maximum atomic E-state index is 12.6. The average molecular weight is 337 g/mol. The molecule has 0 radical (unpaired) electrons. The number of ether oxygens (including phenoxy) is 1. The molecule has 1 atom stereocenters. The minimum absolute atomic E-state index is 0.174. The molecule has 0 bridgehead atoms. The van der Waals surface area contributed by atoms with Gasteiger partial charge in [0.1, 0.15) is 5.75 Å². The Balaban J connectivity index is 1.94. The summed E-state index contributed by atoms with van der Waals surface area (Å²) < 4.78 is 5.46. The van der Waals surface area contributed by atoms with Gasteiger partial charge < -0.3 is 9.72 Å². The van der Waals surface area contributed by atoms with Crippen LogP contribution in [-0.4, -0.2) is 17.2 Å². The Morgan fingerprint density at radius 1 is 1.08 bits per heavy atom. The lowest BCUT2D eigenvalue weighted by Crippen LogP contribution is -2.28. The van der Waals surface area contributed by atoms with Crippen LogP contribution in [0.2, 0.25) is 0 Å². The lowest BCUT2D eigenvalue weighted by atomic mass is 9.86. The fourth-order valence-electron chi connectivity index (χ4n) is 3.20. The number of nitrogens with one attached hydrogen (secondary N) is 1. The molecule has 1 N–H and O–H groups in total. The molecule has 4 rings (SSSR count). The van der Waals surface area contributed by atoms with Crippen LogP contribution in [-0.2, 0) is 4.79 Å². The predicted molar refractivity (Wildman–Crippen MR) is 94.9 cm³/mol. The number of hydrogen-bond donors (Lipinski definition) is 1. The molecule has 3 aromatic rings. The first-order chi connectivity index (χ1) is 11.7. The van der Waals surface area contributed by atoms with Crippen molar-refractivity contribution in [3.8, 4) is 5.75 Å². The number of para-hydroxylation sites is 1. The lowest BCUT2D eigenvalue weighted by Gasteiger charge is -2.25. The molecule has 2 aromatic carbocycles. The molecule has 120 valence electrons. The van der Waals surface area contributed by atoms with E-state index in [0.717, 1.165) is 15.8 Å². The van der Waals surface area contributed by atoms with Gasteiger partial charge in [-0.25, -0.2) is 0 Å². The summed E-state index contributed by atoms with van der Waals surface area (Å²) in [5.41, 5.74) is 1.96. The average Bonchev–Trinajstić information content (AvgIpc) is 2.61. The minimum atomic E-state index is -0.308. The van der Waals surface area contributed by atoms with Gasteiger partial charge in [-0.1, -0.05) is 24.3 Å². The monoisotopic (exact) mass is 337 g/mol.